The van der Waals surface area contributed by atoms with Gasteiger partial charge < -0.3 is 0 Å². The fraction of sp³-hybridized carbons (Fsp3) is 0.111. The summed E-state index contributed by atoms with van der Waals surface area (Å²) in [5.74, 6) is -0.388. The van der Waals surface area contributed by atoms with Crippen LogP contribution in [-0.2, 0) is 0 Å². The number of rotatable bonds is 8. The lowest BCUT2D eigenvalue weighted by molar-refractivity contribution is 0.103. The van der Waals surface area contributed by atoms with E-state index in [9.17, 15) is 9.59 Å². The van der Waals surface area contributed by atoms with E-state index in [1.54, 1.807) is 57.9 Å². The van der Waals surface area contributed by atoms with Gasteiger partial charge in [-0.1, -0.05) is 60.7 Å². The largest absolute Gasteiger partial charge is 0.288 e. The topological polar surface area (TPSA) is 94.5 Å². The molecule has 0 atom stereocenters. The van der Waals surface area contributed by atoms with E-state index in [0.717, 1.165) is 22.8 Å². The highest BCUT2D eigenvalue weighted by molar-refractivity contribution is 6.14. The summed E-state index contributed by atoms with van der Waals surface area (Å²) in [5, 5.41) is 18.3. The monoisotopic (exact) mass is 578 g/mol. The summed E-state index contributed by atoms with van der Waals surface area (Å²) in [5.41, 5.74) is 7.12. The molecule has 8 heteroatoms. The average Bonchev–Trinajstić information content (AvgIpc) is 3.53. The van der Waals surface area contributed by atoms with Gasteiger partial charge in [-0.3, -0.25) is 9.59 Å². The van der Waals surface area contributed by atoms with Gasteiger partial charge in [0.2, 0.25) is 0 Å². The normalized spacial score (nSPS) is 11.3. The third-order valence-corrected chi connectivity index (χ3v) is 7.60. The Labute approximate surface area is 255 Å². The Balaban J connectivity index is 1.34. The molecule has 6 aromatic rings. The zero-order valence-electron chi connectivity index (χ0n) is 24.9. The number of nitrogens with zero attached hydrogens (tertiary/aromatic N) is 6. The minimum absolute atomic E-state index is 0.194. The molecule has 2 aromatic heterocycles. The van der Waals surface area contributed by atoms with Crippen molar-refractivity contribution in [2.24, 2.45) is 10.2 Å². The van der Waals surface area contributed by atoms with Gasteiger partial charge in [-0.15, -0.1) is 10.2 Å². The van der Waals surface area contributed by atoms with Gasteiger partial charge in [0.1, 0.15) is 0 Å². The number of hydrogen-bond acceptors (Lipinski definition) is 6. The van der Waals surface area contributed by atoms with E-state index in [1.165, 1.54) is 0 Å². The summed E-state index contributed by atoms with van der Waals surface area (Å²) in [4.78, 5) is 27.8. The van der Waals surface area contributed by atoms with Crippen molar-refractivity contribution in [1.82, 2.24) is 19.6 Å². The minimum atomic E-state index is -0.194. The first-order valence-corrected chi connectivity index (χ1v) is 14.3. The second kappa shape index (κ2) is 11.9. The van der Waals surface area contributed by atoms with Crippen LogP contribution >= 0.6 is 0 Å². The first kappa shape index (κ1) is 28.4. The van der Waals surface area contributed by atoms with Crippen molar-refractivity contribution in [3.8, 4) is 11.4 Å². The van der Waals surface area contributed by atoms with Gasteiger partial charge in [-0.2, -0.15) is 10.2 Å². The lowest BCUT2D eigenvalue weighted by Gasteiger charge is -2.08. The molecule has 6 rings (SSSR count). The summed E-state index contributed by atoms with van der Waals surface area (Å²) >= 11 is 0. The molecule has 0 aliphatic heterocycles. The van der Waals surface area contributed by atoms with Crippen molar-refractivity contribution >= 4 is 22.9 Å². The molecule has 8 nitrogen and oxygen atoms in total. The van der Waals surface area contributed by atoms with Gasteiger partial charge in [0.25, 0.3) is 0 Å². The predicted octanol–water partition coefficient (Wildman–Crippen LogP) is 8.17. The molecular weight excluding hydrogens is 548 g/mol. The van der Waals surface area contributed by atoms with Gasteiger partial charge in [0.15, 0.2) is 11.6 Å². The molecule has 0 unspecified atom stereocenters. The molecule has 0 aliphatic rings. The molecule has 0 saturated carbocycles. The van der Waals surface area contributed by atoms with Crippen LogP contribution < -0.4 is 0 Å². The minimum Gasteiger partial charge on any atom is -0.288 e. The van der Waals surface area contributed by atoms with Gasteiger partial charge in [0, 0.05) is 0 Å². The summed E-state index contributed by atoms with van der Waals surface area (Å²) in [7, 11) is 0. The number of azo groups is 1. The number of hydrogen-bond donors (Lipinski definition) is 0. The predicted molar refractivity (Wildman–Crippen MR) is 170 cm³/mol. The number of carbonyl (C=O) groups excluding carboxylic acids is 2. The SMILES string of the molecule is Cc1nn(-c2ccccc2)c(C)c1C(=O)c1ccccc1N=Nc1ccccc1C(=O)c1c(C)nn(-c2ccccc2)c1C. The molecule has 44 heavy (non-hydrogen) atoms. The lowest BCUT2D eigenvalue weighted by Crippen LogP contribution is -2.06. The van der Waals surface area contributed by atoms with Gasteiger partial charge in [-0.05, 0) is 76.2 Å². The van der Waals surface area contributed by atoms with Gasteiger partial charge in [0.05, 0.1) is 67.8 Å². The molecule has 0 aliphatic carbocycles. The number of benzene rings is 4. The lowest BCUT2D eigenvalue weighted by atomic mass is 10.00. The highest BCUT2D eigenvalue weighted by atomic mass is 16.1. The molecule has 0 saturated heterocycles. The maximum Gasteiger partial charge on any atom is 0.198 e. The van der Waals surface area contributed by atoms with Crippen molar-refractivity contribution in [2.45, 2.75) is 27.7 Å². The molecule has 216 valence electrons. The van der Waals surface area contributed by atoms with E-state index in [0.29, 0.717) is 45.0 Å². The first-order chi connectivity index (χ1) is 21.3. The zero-order chi connectivity index (χ0) is 30.8. The Morgan fingerprint density at radius 1 is 0.500 bits per heavy atom. The van der Waals surface area contributed by atoms with E-state index in [4.69, 9.17) is 0 Å². The number of aromatic nitrogens is 4. The van der Waals surface area contributed by atoms with E-state index in [2.05, 4.69) is 20.4 Å². The van der Waals surface area contributed by atoms with Crippen LogP contribution in [0.2, 0.25) is 0 Å². The van der Waals surface area contributed by atoms with Crippen LogP contribution in [0.3, 0.4) is 0 Å². The second-order valence-electron chi connectivity index (χ2n) is 10.5. The zero-order valence-corrected chi connectivity index (χ0v) is 24.9. The molecule has 0 spiro atoms. The maximum absolute atomic E-state index is 13.9. The second-order valence-corrected chi connectivity index (χ2v) is 10.5. The molecule has 2 heterocycles. The van der Waals surface area contributed by atoms with E-state index < -0.39 is 0 Å². The van der Waals surface area contributed by atoms with Crippen LogP contribution in [0.25, 0.3) is 11.4 Å². The van der Waals surface area contributed by atoms with Crippen molar-refractivity contribution < 1.29 is 9.59 Å². The van der Waals surface area contributed by atoms with Crippen LogP contribution in [0.1, 0.15) is 54.6 Å². The molecular formula is C36H30N6O2. The van der Waals surface area contributed by atoms with Crippen molar-refractivity contribution in [2.75, 3.05) is 0 Å². The molecule has 0 amide bonds. The average molecular weight is 579 g/mol. The summed E-state index contributed by atoms with van der Waals surface area (Å²) in [6, 6.07) is 33.6. The standard InChI is InChI=1S/C36H30N6O2/c1-23-33(25(3)41(39-23)27-15-7-5-8-16-27)35(43)29-19-11-13-21-31(29)37-38-32-22-14-12-20-30(32)36(44)34-24(2)40-42(26(34)4)28-17-9-6-10-18-28/h5-22H,1-4H3. The molecule has 0 radical (unpaired) electrons. The molecule has 4 aromatic carbocycles. The fourth-order valence-electron chi connectivity index (χ4n) is 5.47. The Bertz CT molecular complexity index is 1890. The van der Waals surface area contributed by atoms with Crippen molar-refractivity contribution in [1.29, 1.82) is 0 Å². The molecule has 0 N–H and O–H groups in total. The fourth-order valence-corrected chi connectivity index (χ4v) is 5.47. The Hall–Kier alpha value is -5.76. The van der Waals surface area contributed by atoms with Crippen LogP contribution in [0.15, 0.2) is 119 Å². The van der Waals surface area contributed by atoms with E-state index in [1.807, 2.05) is 88.4 Å². The Kier molecular flexibility index (Phi) is 7.64. The third kappa shape index (κ3) is 5.18. The van der Waals surface area contributed by atoms with Crippen LogP contribution in [0.5, 0.6) is 0 Å². The highest BCUT2D eigenvalue weighted by Gasteiger charge is 2.24. The number of aryl methyl sites for hydroxylation is 2. The van der Waals surface area contributed by atoms with E-state index in [-0.39, 0.29) is 11.6 Å². The quantitative estimate of drug-likeness (QED) is 0.134. The number of para-hydroxylation sites is 2. The van der Waals surface area contributed by atoms with Gasteiger partial charge >= 0.3 is 0 Å². The van der Waals surface area contributed by atoms with Gasteiger partial charge in [-0.25, -0.2) is 9.36 Å². The molecule has 0 fully saturated rings. The number of carbonyl (C=O) groups is 2. The smallest absolute Gasteiger partial charge is 0.198 e. The van der Waals surface area contributed by atoms with Crippen LogP contribution in [-0.4, -0.2) is 31.1 Å². The Morgan fingerprint density at radius 3 is 1.23 bits per heavy atom. The third-order valence-electron chi connectivity index (χ3n) is 7.60. The summed E-state index contributed by atoms with van der Waals surface area (Å²) < 4.78 is 3.55. The number of ketones is 2. The van der Waals surface area contributed by atoms with Crippen molar-refractivity contribution in [3.05, 3.63) is 154 Å². The molecule has 0 bridgehead atoms. The van der Waals surface area contributed by atoms with E-state index >= 15 is 0 Å². The maximum atomic E-state index is 13.9. The van der Waals surface area contributed by atoms with Crippen molar-refractivity contribution in [3.63, 3.8) is 0 Å². The first-order valence-electron chi connectivity index (χ1n) is 14.3. The Morgan fingerprint density at radius 2 is 0.841 bits per heavy atom. The summed E-state index contributed by atoms with van der Waals surface area (Å²) in [6.45, 7) is 7.43. The van der Waals surface area contributed by atoms with Crippen LogP contribution in [0.4, 0.5) is 11.4 Å². The highest BCUT2D eigenvalue weighted by Crippen LogP contribution is 2.31. The summed E-state index contributed by atoms with van der Waals surface area (Å²) in [6.07, 6.45) is 0. The van der Waals surface area contributed by atoms with Crippen LogP contribution in [0, 0.1) is 27.7 Å².